The number of hydrogen-bond acceptors (Lipinski definition) is 2. The normalized spacial score (nSPS) is 19.5. The fourth-order valence-corrected chi connectivity index (χ4v) is 2.53. The lowest BCUT2D eigenvalue weighted by Gasteiger charge is -2.25. The molecule has 1 aliphatic rings. The van der Waals surface area contributed by atoms with E-state index < -0.39 is 0 Å². The van der Waals surface area contributed by atoms with E-state index in [9.17, 15) is 0 Å². The van der Waals surface area contributed by atoms with Gasteiger partial charge in [0, 0.05) is 6.04 Å². The van der Waals surface area contributed by atoms with Gasteiger partial charge in [0.05, 0.1) is 0 Å². The summed E-state index contributed by atoms with van der Waals surface area (Å²) in [4.78, 5) is 0. The molecule has 0 radical (unpaired) electrons. The van der Waals surface area contributed by atoms with Gasteiger partial charge >= 0.3 is 0 Å². The second kappa shape index (κ2) is 4.56. The highest BCUT2D eigenvalue weighted by Crippen LogP contribution is 2.43. The Morgan fingerprint density at radius 3 is 2.56 bits per heavy atom. The van der Waals surface area contributed by atoms with Gasteiger partial charge in [0.1, 0.15) is 0 Å². The molecule has 16 heavy (non-hydrogen) atoms. The van der Waals surface area contributed by atoms with Crippen LogP contribution in [0.5, 0.6) is 0 Å². The van der Waals surface area contributed by atoms with Crippen LogP contribution in [0.15, 0.2) is 18.2 Å². The summed E-state index contributed by atoms with van der Waals surface area (Å²) in [5.41, 5.74) is 7.09. The predicted octanol–water partition coefficient (Wildman–Crippen LogP) is 2.85. The molecule has 2 rings (SSSR count). The monoisotopic (exact) mass is 218 g/mol. The SMILES string of the molecule is Cc1cccc(C(NN)C(C)C2CC2)c1C. The molecule has 3 N–H and O–H groups in total. The fraction of sp³-hybridized carbons (Fsp3) is 0.571. The Hall–Kier alpha value is -0.860. The van der Waals surface area contributed by atoms with E-state index in [4.69, 9.17) is 5.84 Å². The number of hydrogen-bond donors (Lipinski definition) is 2. The van der Waals surface area contributed by atoms with Gasteiger partial charge in [-0.2, -0.15) is 0 Å². The van der Waals surface area contributed by atoms with E-state index in [1.807, 2.05) is 0 Å². The van der Waals surface area contributed by atoms with Gasteiger partial charge in [-0.05, 0) is 55.2 Å². The van der Waals surface area contributed by atoms with E-state index in [-0.39, 0.29) is 0 Å². The van der Waals surface area contributed by atoms with Gasteiger partial charge in [-0.3, -0.25) is 11.3 Å². The van der Waals surface area contributed by atoms with E-state index >= 15 is 0 Å². The fourth-order valence-electron chi connectivity index (χ4n) is 2.53. The van der Waals surface area contributed by atoms with Crippen LogP contribution in [0.1, 0.15) is 42.5 Å². The Balaban J connectivity index is 2.28. The molecule has 1 fully saturated rings. The molecule has 1 aromatic carbocycles. The minimum absolute atomic E-state index is 0.299. The second-order valence-corrected chi connectivity index (χ2v) is 5.13. The lowest BCUT2D eigenvalue weighted by molar-refractivity contribution is 0.353. The maximum atomic E-state index is 5.74. The van der Waals surface area contributed by atoms with Crippen LogP contribution in [0.3, 0.4) is 0 Å². The zero-order chi connectivity index (χ0) is 11.7. The lowest BCUT2D eigenvalue weighted by Crippen LogP contribution is -2.34. The number of rotatable bonds is 4. The summed E-state index contributed by atoms with van der Waals surface area (Å²) in [6.45, 7) is 6.66. The standard InChI is InChI=1S/C14H22N2/c1-9-5-4-6-13(10(9)2)14(16-15)11(3)12-7-8-12/h4-6,11-12,14,16H,7-8,15H2,1-3H3. The zero-order valence-corrected chi connectivity index (χ0v) is 10.5. The Labute approximate surface area is 98.2 Å². The summed E-state index contributed by atoms with van der Waals surface area (Å²) in [5, 5.41) is 0. The van der Waals surface area contributed by atoms with Crippen molar-refractivity contribution in [3.05, 3.63) is 34.9 Å². The molecule has 0 amide bonds. The van der Waals surface area contributed by atoms with Crippen LogP contribution in [-0.4, -0.2) is 0 Å². The van der Waals surface area contributed by atoms with E-state index in [1.54, 1.807) is 0 Å². The van der Waals surface area contributed by atoms with Gasteiger partial charge in [-0.25, -0.2) is 0 Å². The first kappa shape index (κ1) is 11.6. The molecule has 0 spiro atoms. The highest BCUT2D eigenvalue weighted by atomic mass is 15.2. The maximum Gasteiger partial charge on any atom is 0.0490 e. The third-order valence-electron chi connectivity index (χ3n) is 4.05. The predicted molar refractivity (Wildman–Crippen MR) is 67.9 cm³/mol. The number of hydrazine groups is 1. The van der Waals surface area contributed by atoms with Crippen molar-refractivity contribution >= 4 is 0 Å². The van der Waals surface area contributed by atoms with E-state index in [0.717, 1.165) is 5.92 Å². The minimum Gasteiger partial charge on any atom is -0.271 e. The third kappa shape index (κ3) is 2.13. The lowest BCUT2D eigenvalue weighted by atomic mass is 9.87. The number of benzene rings is 1. The highest BCUT2D eigenvalue weighted by molar-refractivity contribution is 5.35. The molecule has 88 valence electrons. The Morgan fingerprint density at radius 1 is 1.31 bits per heavy atom. The average molecular weight is 218 g/mol. The molecule has 0 bridgehead atoms. The van der Waals surface area contributed by atoms with Gasteiger partial charge in [0.25, 0.3) is 0 Å². The summed E-state index contributed by atoms with van der Waals surface area (Å²) in [6, 6.07) is 6.79. The van der Waals surface area contributed by atoms with Crippen molar-refractivity contribution in [1.29, 1.82) is 0 Å². The van der Waals surface area contributed by atoms with E-state index in [0.29, 0.717) is 12.0 Å². The quantitative estimate of drug-likeness (QED) is 0.602. The van der Waals surface area contributed by atoms with Crippen molar-refractivity contribution in [3.8, 4) is 0 Å². The van der Waals surface area contributed by atoms with Crippen LogP contribution in [0.4, 0.5) is 0 Å². The van der Waals surface area contributed by atoms with Crippen LogP contribution in [0, 0.1) is 25.7 Å². The van der Waals surface area contributed by atoms with Crippen LogP contribution >= 0.6 is 0 Å². The van der Waals surface area contributed by atoms with Crippen molar-refractivity contribution in [2.75, 3.05) is 0 Å². The molecule has 2 nitrogen and oxygen atoms in total. The summed E-state index contributed by atoms with van der Waals surface area (Å²) in [7, 11) is 0. The van der Waals surface area contributed by atoms with Gasteiger partial charge in [0.2, 0.25) is 0 Å². The van der Waals surface area contributed by atoms with Gasteiger partial charge < -0.3 is 0 Å². The Kier molecular flexibility index (Phi) is 3.31. The third-order valence-corrected chi connectivity index (χ3v) is 4.05. The molecule has 2 heteroatoms. The number of nitrogens with one attached hydrogen (secondary N) is 1. The van der Waals surface area contributed by atoms with Gasteiger partial charge in [-0.1, -0.05) is 25.1 Å². The van der Waals surface area contributed by atoms with Crippen molar-refractivity contribution in [3.63, 3.8) is 0 Å². The number of aryl methyl sites for hydroxylation is 1. The molecule has 0 heterocycles. The molecule has 1 aromatic rings. The van der Waals surface area contributed by atoms with Crippen molar-refractivity contribution in [2.45, 2.75) is 39.7 Å². The minimum atomic E-state index is 0.299. The molecule has 2 unspecified atom stereocenters. The molecular formula is C14H22N2. The summed E-state index contributed by atoms with van der Waals surface area (Å²) >= 11 is 0. The molecule has 1 aliphatic carbocycles. The van der Waals surface area contributed by atoms with Crippen LogP contribution in [-0.2, 0) is 0 Å². The first-order chi connectivity index (χ1) is 7.65. The van der Waals surface area contributed by atoms with Crippen LogP contribution in [0.2, 0.25) is 0 Å². The van der Waals surface area contributed by atoms with E-state index in [2.05, 4.69) is 44.4 Å². The first-order valence-electron chi connectivity index (χ1n) is 6.17. The summed E-state index contributed by atoms with van der Waals surface area (Å²) < 4.78 is 0. The van der Waals surface area contributed by atoms with Crippen LogP contribution in [0.25, 0.3) is 0 Å². The smallest absolute Gasteiger partial charge is 0.0490 e. The number of nitrogens with two attached hydrogens (primary N) is 1. The van der Waals surface area contributed by atoms with Crippen molar-refractivity contribution < 1.29 is 0 Å². The molecule has 0 saturated heterocycles. The molecule has 0 aliphatic heterocycles. The van der Waals surface area contributed by atoms with Crippen LogP contribution < -0.4 is 11.3 Å². The zero-order valence-electron chi connectivity index (χ0n) is 10.5. The average Bonchev–Trinajstić information content (AvgIpc) is 3.08. The van der Waals surface area contributed by atoms with E-state index in [1.165, 1.54) is 29.5 Å². The second-order valence-electron chi connectivity index (χ2n) is 5.13. The molecule has 2 atom stereocenters. The van der Waals surface area contributed by atoms with Gasteiger partial charge in [-0.15, -0.1) is 0 Å². The van der Waals surface area contributed by atoms with Crippen molar-refractivity contribution in [1.82, 2.24) is 5.43 Å². The van der Waals surface area contributed by atoms with Gasteiger partial charge in [0.15, 0.2) is 0 Å². The molecular weight excluding hydrogens is 196 g/mol. The highest BCUT2D eigenvalue weighted by Gasteiger charge is 2.34. The molecule has 0 aromatic heterocycles. The summed E-state index contributed by atoms with van der Waals surface area (Å²) in [6.07, 6.45) is 2.73. The summed E-state index contributed by atoms with van der Waals surface area (Å²) in [5.74, 6) is 7.23. The molecule has 1 saturated carbocycles. The van der Waals surface area contributed by atoms with Crippen molar-refractivity contribution in [2.24, 2.45) is 17.7 Å². The Morgan fingerprint density at radius 2 is 2.00 bits per heavy atom. The first-order valence-corrected chi connectivity index (χ1v) is 6.17. The Bertz CT molecular complexity index is 369. The largest absolute Gasteiger partial charge is 0.271 e. The topological polar surface area (TPSA) is 38.0 Å². The maximum absolute atomic E-state index is 5.74.